The van der Waals surface area contributed by atoms with Crippen molar-refractivity contribution in [1.29, 1.82) is 0 Å². The lowest BCUT2D eigenvalue weighted by molar-refractivity contribution is 0.246. The number of carbonyl (C=O) groups excluding carboxylic acids is 1. The highest BCUT2D eigenvalue weighted by molar-refractivity contribution is 5.90. The zero-order valence-electron chi connectivity index (χ0n) is 14.7. The molecule has 132 valence electrons. The van der Waals surface area contributed by atoms with Crippen molar-refractivity contribution in [3.8, 4) is 5.75 Å². The molecular weight excluding hydrogens is 314 g/mol. The summed E-state index contributed by atoms with van der Waals surface area (Å²) in [5, 5.41) is 15.5. The minimum atomic E-state index is -0.161. The Hall–Kier alpha value is -2.69. The molecule has 5 nitrogen and oxygen atoms in total. The lowest BCUT2D eigenvalue weighted by Gasteiger charge is -2.34. The van der Waals surface area contributed by atoms with Crippen LogP contribution in [-0.4, -0.2) is 30.3 Å². The second-order valence-electron chi connectivity index (χ2n) is 6.72. The van der Waals surface area contributed by atoms with E-state index in [-0.39, 0.29) is 17.8 Å². The van der Waals surface area contributed by atoms with E-state index in [1.54, 1.807) is 12.1 Å². The van der Waals surface area contributed by atoms with Crippen molar-refractivity contribution in [1.82, 2.24) is 5.32 Å². The minimum Gasteiger partial charge on any atom is -0.508 e. The zero-order valence-corrected chi connectivity index (χ0v) is 14.7. The summed E-state index contributed by atoms with van der Waals surface area (Å²) in [5.41, 5.74) is 4.09. The Morgan fingerprint density at radius 2 is 1.92 bits per heavy atom. The van der Waals surface area contributed by atoms with Crippen LogP contribution in [0.15, 0.2) is 42.5 Å². The maximum atomic E-state index is 12.4. The molecule has 3 rings (SSSR count). The molecule has 2 aromatic carbocycles. The quantitative estimate of drug-likeness (QED) is 0.797. The van der Waals surface area contributed by atoms with Gasteiger partial charge < -0.3 is 20.6 Å². The molecule has 1 saturated heterocycles. The fourth-order valence-corrected chi connectivity index (χ4v) is 3.21. The van der Waals surface area contributed by atoms with Crippen LogP contribution in [0.3, 0.4) is 0 Å². The lowest BCUT2D eigenvalue weighted by Crippen LogP contribution is -2.49. The van der Waals surface area contributed by atoms with Gasteiger partial charge in [0, 0.05) is 30.5 Å². The van der Waals surface area contributed by atoms with Crippen LogP contribution in [0.1, 0.15) is 24.0 Å². The highest BCUT2D eigenvalue weighted by Gasteiger charge is 2.21. The Bertz CT molecular complexity index is 743. The van der Waals surface area contributed by atoms with E-state index in [9.17, 15) is 9.90 Å². The number of hydrogen-bond acceptors (Lipinski definition) is 3. The summed E-state index contributed by atoms with van der Waals surface area (Å²) >= 11 is 0. The molecular formula is C20H25N3O2. The Balaban J connectivity index is 1.59. The third-order valence-corrected chi connectivity index (χ3v) is 4.61. The average Bonchev–Trinajstić information content (AvgIpc) is 2.59. The van der Waals surface area contributed by atoms with Gasteiger partial charge in [-0.3, -0.25) is 0 Å². The molecule has 25 heavy (non-hydrogen) atoms. The van der Waals surface area contributed by atoms with Gasteiger partial charge in [-0.2, -0.15) is 0 Å². The number of aryl methyl sites for hydroxylation is 2. The number of aromatic hydroxyl groups is 1. The van der Waals surface area contributed by atoms with Gasteiger partial charge in [0.15, 0.2) is 0 Å². The molecule has 1 unspecified atom stereocenters. The highest BCUT2D eigenvalue weighted by atomic mass is 16.3. The van der Waals surface area contributed by atoms with Gasteiger partial charge in [-0.05, 0) is 68.1 Å². The van der Waals surface area contributed by atoms with Gasteiger partial charge in [0.05, 0.1) is 0 Å². The van der Waals surface area contributed by atoms with Gasteiger partial charge in [0.25, 0.3) is 0 Å². The summed E-state index contributed by atoms with van der Waals surface area (Å²) in [6.07, 6.45) is 1.99. The van der Waals surface area contributed by atoms with Crippen molar-refractivity contribution >= 4 is 17.4 Å². The largest absolute Gasteiger partial charge is 0.508 e. The average molecular weight is 339 g/mol. The number of hydrogen-bond donors (Lipinski definition) is 3. The Morgan fingerprint density at radius 1 is 1.16 bits per heavy atom. The highest BCUT2D eigenvalue weighted by Crippen LogP contribution is 2.22. The third kappa shape index (κ3) is 4.44. The van der Waals surface area contributed by atoms with Crippen LogP contribution in [0.2, 0.25) is 0 Å². The number of nitrogens with zero attached hydrogens (tertiary/aromatic N) is 1. The summed E-state index contributed by atoms with van der Waals surface area (Å²) in [4.78, 5) is 14.6. The van der Waals surface area contributed by atoms with Gasteiger partial charge in [0.2, 0.25) is 0 Å². The minimum absolute atomic E-state index is 0.104. The first kappa shape index (κ1) is 17.1. The molecule has 0 saturated carbocycles. The number of phenolic OH excluding ortho intramolecular Hbond substituents is 1. The fourth-order valence-electron chi connectivity index (χ4n) is 3.21. The first-order valence-electron chi connectivity index (χ1n) is 8.70. The van der Waals surface area contributed by atoms with Crippen molar-refractivity contribution in [3.05, 3.63) is 53.6 Å². The van der Waals surface area contributed by atoms with Crippen LogP contribution < -0.4 is 15.5 Å². The molecule has 1 heterocycles. The molecule has 0 spiro atoms. The summed E-state index contributed by atoms with van der Waals surface area (Å²) in [6.45, 7) is 5.73. The van der Waals surface area contributed by atoms with E-state index in [1.807, 2.05) is 44.2 Å². The predicted octanol–water partition coefficient (Wildman–Crippen LogP) is 3.80. The Labute approximate surface area is 148 Å². The van der Waals surface area contributed by atoms with Crippen molar-refractivity contribution in [3.63, 3.8) is 0 Å². The lowest BCUT2D eigenvalue weighted by atomic mass is 10.0. The monoisotopic (exact) mass is 339 g/mol. The van der Waals surface area contributed by atoms with Crippen LogP contribution in [0, 0.1) is 13.8 Å². The van der Waals surface area contributed by atoms with E-state index in [2.05, 4.69) is 15.5 Å². The van der Waals surface area contributed by atoms with E-state index in [1.165, 1.54) is 0 Å². The SMILES string of the molecule is Cc1ccc(C)c(NC(=O)NC2CCCN(c3ccc(O)cc3)C2)c1. The number of nitrogens with one attached hydrogen (secondary N) is 2. The maximum absolute atomic E-state index is 12.4. The van der Waals surface area contributed by atoms with Gasteiger partial charge in [-0.1, -0.05) is 12.1 Å². The molecule has 0 bridgehead atoms. The number of anilines is 2. The number of amides is 2. The number of phenols is 1. The van der Waals surface area contributed by atoms with Gasteiger partial charge >= 0.3 is 6.03 Å². The van der Waals surface area contributed by atoms with Crippen LogP contribution in [-0.2, 0) is 0 Å². The van der Waals surface area contributed by atoms with Gasteiger partial charge in [0.1, 0.15) is 5.75 Å². The van der Waals surface area contributed by atoms with Crippen molar-refractivity contribution in [2.45, 2.75) is 32.7 Å². The van der Waals surface area contributed by atoms with Crippen molar-refractivity contribution in [2.75, 3.05) is 23.3 Å². The summed E-state index contributed by atoms with van der Waals surface area (Å²) in [6, 6.07) is 13.2. The van der Waals surface area contributed by atoms with E-state index in [0.29, 0.717) is 0 Å². The number of rotatable bonds is 3. The first-order valence-corrected chi connectivity index (χ1v) is 8.70. The van der Waals surface area contributed by atoms with Crippen LogP contribution in [0.25, 0.3) is 0 Å². The molecule has 3 N–H and O–H groups in total. The molecule has 0 radical (unpaired) electrons. The predicted molar refractivity (Wildman–Crippen MR) is 101 cm³/mol. The Morgan fingerprint density at radius 3 is 2.68 bits per heavy atom. The fraction of sp³-hybridized carbons (Fsp3) is 0.350. The molecule has 2 aromatic rings. The molecule has 1 aliphatic rings. The van der Waals surface area contributed by atoms with Crippen molar-refractivity contribution < 1.29 is 9.90 Å². The summed E-state index contributed by atoms with van der Waals surface area (Å²) < 4.78 is 0. The molecule has 1 atom stereocenters. The number of benzene rings is 2. The van der Waals surface area contributed by atoms with Crippen LogP contribution in [0.5, 0.6) is 5.75 Å². The standard InChI is InChI=1S/C20H25N3O2/c1-14-5-6-15(2)19(12-14)22-20(25)21-16-4-3-11-23(13-16)17-7-9-18(24)10-8-17/h5-10,12,16,24H,3-4,11,13H2,1-2H3,(H2,21,22,25). The maximum Gasteiger partial charge on any atom is 0.319 e. The summed E-state index contributed by atoms with van der Waals surface area (Å²) in [5.74, 6) is 0.267. The normalized spacial score (nSPS) is 17.2. The summed E-state index contributed by atoms with van der Waals surface area (Å²) in [7, 11) is 0. The number of urea groups is 1. The van der Waals surface area contributed by atoms with E-state index in [0.717, 1.165) is 48.4 Å². The van der Waals surface area contributed by atoms with Crippen LogP contribution >= 0.6 is 0 Å². The smallest absolute Gasteiger partial charge is 0.319 e. The second kappa shape index (κ2) is 7.47. The number of piperidine rings is 1. The molecule has 1 fully saturated rings. The second-order valence-corrected chi connectivity index (χ2v) is 6.72. The van der Waals surface area contributed by atoms with E-state index >= 15 is 0 Å². The molecule has 2 amide bonds. The van der Waals surface area contributed by atoms with Crippen LogP contribution in [0.4, 0.5) is 16.2 Å². The first-order chi connectivity index (χ1) is 12.0. The van der Waals surface area contributed by atoms with Gasteiger partial charge in [-0.15, -0.1) is 0 Å². The van der Waals surface area contributed by atoms with E-state index in [4.69, 9.17) is 0 Å². The molecule has 1 aliphatic heterocycles. The van der Waals surface area contributed by atoms with Gasteiger partial charge in [-0.25, -0.2) is 4.79 Å². The third-order valence-electron chi connectivity index (χ3n) is 4.61. The van der Waals surface area contributed by atoms with E-state index < -0.39 is 0 Å². The Kier molecular flexibility index (Phi) is 5.12. The molecule has 5 heteroatoms. The zero-order chi connectivity index (χ0) is 17.8. The van der Waals surface area contributed by atoms with Crippen molar-refractivity contribution in [2.24, 2.45) is 0 Å². The topological polar surface area (TPSA) is 64.6 Å². The number of carbonyl (C=O) groups is 1. The molecule has 0 aromatic heterocycles. The molecule has 0 aliphatic carbocycles.